The first-order valence-corrected chi connectivity index (χ1v) is 9.24. The van der Waals surface area contributed by atoms with E-state index < -0.39 is 10.0 Å². The van der Waals surface area contributed by atoms with Crippen molar-refractivity contribution < 1.29 is 8.42 Å². The number of pyridine rings is 1. The number of nitrogens with two attached hydrogens (primary N) is 1. The zero-order chi connectivity index (χ0) is 17.2. The molecule has 0 amide bonds. The average molecular weight is 335 g/mol. The van der Waals surface area contributed by atoms with Gasteiger partial charge in [-0.3, -0.25) is 4.98 Å². The van der Waals surface area contributed by atoms with Gasteiger partial charge in [0.1, 0.15) is 4.90 Å². The van der Waals surface area contributed by atoms with Crippen LogP contribution in [0.3, 0.4) is 0 Å². The lowest BCUT2D eigenvalue weighted by molar-refractivity contribution is 0.398. The highest BCUT2D eigenvalue weighted by Gasteiger charge is 2.24. The number of hydrogen-bond donors (Lipinski definition) is 1. The Bertz CT molecular complexity index is 788. The molecule has 6 heteroatoms. The molecule has 0 saturated heterocycles. The number of sulfonamides is 1. The van der Waals surface area contributed by atoms with Crippen LogP contribution in [-0.2, 0) is 10.0 Å². The van der Waals surface area contributed by atoms with Crippen molar-refractivity contribution in [1.29, 1.82) is 0 Å². The number of benzene rings is 1. The van der Waals surface area contributed by atoms with E-state index in [1.165, 1.54) is 4.31 Å². The highest BCUT2D eigenvalue weighted by Crippen LogP contribution is 2.24. The first-order valence-electron chi connectivity index (χ1n) is 7.80. The van der Waals surface area contributed by atoms with Crippen LogP contribution in [0.5, 0.6) is 0 Å². The molecule has 1 atom stereocenters. The number of aromatic nitrogens is 1. The summed E-state index contributed by atoms with van der Waals surface area (Å²) in [5, 5.41) is 0.832. The van der Waals surface area contributed by atoms with Gasteiger partial charge in [-0.2, -0.15) is 0 Å². The lowest BCUT2D eigenvalue weighted by atomic mass is 10.0. The van der Waals surface area contributed by atoms with Crippen LogP contribution in [0.2, 0.25) is 0 Å². The monoisotopic (exact) mass is 335 g/mol. The van der Waals surface area contributed by atoms with Crippen LogP contribution < -0.4 is 5.73 Å². The predicted molar refractivity (Wildman–Crippen MR) is 93.7 cm³/mol. The quantitative estimate of drug-likeness (QED) is 0.880. The molecule has 0 aliphatic heterocycles. The first kappa shape index (κ1) is 17.8. The van der Waals surface area contributed by atoms with Gasteiger partial charge in [-0.15, -0.1) is 0 Å². The summed E-state index contributed by atoms with van der Waals surface area (Å²) in [6.45, 7) is 6.41. The summed E-state index contributed by atoms with van der Waals surface area (Å²) < 4.78 is 27.1. The molecule has 2 rings (SSSR count). The van der Waals surface area contributed by atoms with E-state index in [1.807, 2.05) is 32.9 Å². The topological polar surface area (TPSA) is 76.3 Å². The van der Waals surface area contributed by atoms with Gasteiger partial charge in [-0.1, -0.05) is 26.0 Å². The number of para-hydroxylation sites is 1. The first-order chi connectivity index (χ1) is 10.7. The van der Waals surface area contributed by atoms with Gasteiger partial charge in [0.2, 0.25) is 10.0 Å². The van der Waals surface area contributed by atoms with Crippen LogP contribution in [0.15, 0.2) is 35.4 Å². The summed E-state index contributed by atoms with van der Waals surface area (Å²) in [5.74, 6) is 0.327. The Kier molecular flexibility index (Phi) is 5.39. The van der Waals surface area contributed by atoms with Gasteiger partial charge < -0.3 is 5.73 Å². The third-order valence-corrected chi connectivity index (χ3v) is 6.02. The largest absolute Gasteiger partial charge is 0.327 e. The van der Waals surface area contributed by atoms with Gasteiger partial charge in [-0.05, 0) is 37.0 Å². The Morgan fingerprint density at radius 3 is 2.65 bits per heavy atom. The van der Waals surface area contributed by atoms with Crippen molar-refractivity contribution in [3.05, 3.63) is 36.0 Å². The van der Waals surface area contributed by atoms with Crippen molar-refractivity contribution >= 4 is 20.9 Å². The van der Waals surface area contributed by atoms with Gasteiger partial charge in [0.15, 0.2) is 0 Å². The number of rotatable bonds is 6. The van der Waals surface area contributed by atoms with Gasteiger partial charge in [0.05, 0.1) is 5.52 Å². The summed E-state index contributed by atoms with van der Waals surface area (Å²) in [6, 6.07) is 7.17. The molecule has 0 fully saturated rings. The molecule has 0 bridgehead atoms. The molecular weight excluding hydrogens is 310 g/mol. The normalized spacial score (nSPS) is 13.9. The SMILES string of the molecule is Cc1cnc2c(S(=O)(=O)N(C)CCC(N)C(C)C)cccc2c1. The number of hydrogen-bond acceptors (Lipinski definition) is 4. The summed E-state index contributed by atoms with van der Waals surface area (Å²) in [6.07, 6.45) is 2.32. The van der Waals surface area contributed by atoms with Crippen molar-refractivity contribution in [1.82, 2.24) is 9.29 Å². The van der Waals surface area contributed by atoms with E-state index in [-0.39, 0.29) is 10.9 Å². The van der Waals surface area contributed by atoms with Crippen molar-refractivity contribution in [3.63, 3.8) is 0 Å². The maximum Gasteiger partial charge on any atom is 0.244 e. The van der Waals surface area contributed by atoms with Crippen molar-refractivity contribution in [3.8, 4) is 0 Å². The van der Waals surface area contributed by atoms with E-state index in [0.29, 0.717) is 24.4 Å². The molecule has 0 spiro atoms. The Morgan fingerprint density at radius 1 is 1.30 bits per heavy atom. The second-order valence-electron chi connectivity index (χ2n) is 6.36. The van der Waals surface area contributed by atoms with E-state index in [1.54, 1.807) is 25.4 Å². The third-order valence-electron chi connectivity index (χ3n) is 4.13. The third kappa shape index (κ3) is 3.88. The Balaban J connectivity index is 2.32. The fourth-order valence-corrected chi connectivity index (χ4v) is 3.75. The second-order valence-corrected chi connectivity index (χ2v) is 8.38. The fraction of sp³-hybridized carbons (Fsp3) is 0.471. The van der Waals surface area contributed by atoms with Crippen LogP contribution in [0.25, 0.3) is 10.9 Å². The van der Waals surface area contributed by atoms with Crippen molar-refractivity contribution in [2.45, 2.75) is 38.1 Å². The zero-order valence-corrected chi connectivity index (χ0v) is 15.0. The standard InChI is InChI=1S/C17H25N3O2S/c1-12(2)15(18)8-9-20(4)23(21,22)16-7-5-6-14-10-13(3)11-19-17(14)16/h5-7,10-12,15H,8-9,18H2,1-4H3. The molecule has 1 unspecified atom stereocenters. The Hall–Kier alpha value is -1.50. The maximum absolute atomic E-state index is 12.9. The fourth-order valence-electron chi connectivity index (χ4n) is 2.40. The minimum Gasteiger partial charge on any atom is -0.327 e. The van der Waals surface area contributed by atoms with Gasteiger partial charge in [-0.25, -0.2) is 12.7 Å². The van der Waals surface area contributed by atoms with Gasteiger partial charge in [0, 0.05) is 31.2 Å². The smallest absolute Gasteiger partial charge is 0.244 e. The molecule has 126 valence electrons. The maximum atomic E-state index is 12.9. The molecule has 1 aromatic carbocycles. The molecule has 1 heterocycles. The molecule has 0 radical (unpaired) electrons. The summed E-state index contributed by atoms with van der Waals surface area (Å²) in [5.41, 5.74) is 7.54. The van der Waals surface area contributed by atoms with E-state index in [4.69, 9.17) is 5.73 Å². The summed E-state index contributed by atoms with van der Waals surface area (Å²) in [4.78, 5) is 4.57. The Morgan fingerprint density at radius 2 is 2.00 bits per heavy atom. The van der Waals surface area contributed by atoms with Gasteiger partial charge in [0.25, 0.3) is 0 Å². The van der Waals surface area contributed by atoms with Crippen LogP contribution in [0, 0.1) is 12.8 Å². The van der Waals surface area contributed by atoms with Crippen LogP contribution >= 0.6 is 0 Å². The number of fused-ring (bicyclic) bond motifs is 1. The lowest BCUT2D eigenvalue weighted by Gasteiger charge is -2.21. The summed E-state index contributed by atoms with van der Waals surface area (Å²) >= 11 is 0. The molecule has 2 aromatic rings. The van der Waals surface area contributed by atoms with Crippen LogP contribution in [-0.4, -0.2) is 37.3 Å². The lowest BCUT2D eigenvalue weighted by Crippen LogP contribution is -2.34. The van der Waals surface area contributed by atoms with Crippen molar-refractivity contribution in [2.24, 2.45) is 11.7 Å². The molecule has 0 aliphatic carbocycles. The number of aryl methyl sites for hydroxylation is 1. The molecule has 0 aliphatic rings. The molecule has 5 nitrogen and oxygen atoms in total. The number of nitrogens with zero attached hydrogens (tertiary/aromatic N) is 2. The average Bonchev–Trinajstić information content (AvgIpc) is 2.50. The van der Waals surface area contributed by atoms with E-state index in [0.717, 1.165) is 10.9 Å². The van der Waals surface area contributed by atoms with Crippen LogP contribution in [0.4, 0.5) is 0 Å². The Labute approximate surface area is 138 Å². The zero-order valence-electron chi connectivity index (χ0n) is 14.2. The molecule has 2 N–H and O–H groups in total. The van der Waals surface area contributed by atoms with E-state index in [9.17, 15) is 8.42 Å². The second kappa shape index (κ2) is 6.95. The highest BCUT2D eigenvalue weighted by atomic mass is 32.2. The molecular formula is C17H25N3O2S. The minimum absolute atomic E-state index is 0.0130. The minimum atomic E-state index is -3.58. The van der Waals surface area contributed by atoms with E-state index >= 15 is 0 Å². The van der Waals surface area contributed by atoms with Gasteiger partial charge >= 0.3 is 0 Å². The molecule has 0 saturated carbocycles. The summed E-state index contributed by atoms with van der Waals surface area (Å²) in [7, 11) is -1.99. The molecule has 1 aromatic heterocycles. The van der Waals surface area contributed by atoms with Crippen LogP contribution in [0.1, 0.15) is 25.8 Å². The predicted octanol–water partition coefficient (Wildman–Crippen LogP) is 2.54. The van der Waals surface area contributed by atoms with Crippen molar-refractivity contribution in [2.75, 3.05) is 13.6 Å². The highest BCUT2D eigenvalue weighted by molar-refractivity contribution is 7.89. The molecule has 23 heavy (non-hydrogen) atoms. The van der Waals surface area contributed by atoms with E-state index in [2.05, 4.69) is 4.98 Å².